The number of likely N-dealkylation sites (tertiary alicyclic amines) is 1. The van der Waals surface area contributed by atoms with Crippen LogP contribution < -0.4 is 4.74 Å². The molecule has 1 fully saturated rings. The summed E-state index contributed by atoms with van der Waals surface area (Å²) in [4.78, 5) is 7.05. The highest BCUT2D eigenvalue weighted by Crippen LogP contribution is 2.39. The summed E-state index contributed by atoms with van der Waals surface area (Å²) >= 11 is 0. The monoisotopic (exact) mass is 453 g/mol. The molecule has 1 aromatic heterocycles. The normalized spacial score (nSPS) is 24.5. The van der Waals surface area contributed by atoms with Crippen molar-refractivity contribution in [2.75, 3.05) is 19.6 Å². The number of aryl methyl sites for hydroxylation is 1. The molecular formula is C30H35N3O. The van der Waals surface area contributed by atoms with Crippen LogP contribution in [0.15, 0.2) is 91.4 Å². The number of benzene rings is 2. The highest BCUT2D eigenvalue weighted by atomic mass is 16.5. The quantitative estimate of drug-likeness (QED) is 0.391. The average Bonchev–Trinajstić information content (AvgIpc) is 3.51. The summed E-state index contributed by atoms with van der Waals surface area (Å²) in [5.41, 5.74) is 2.80. The van der Waals surface area contributed by atoms with E-state index in [1.54, 1.807) is 0 Å². The Morgan fingerprint density at radius 1 is 1.06 bits per heavy atom. The molecular weight excluding hydrogens is 418 g/mol. The maximum atomic E-state index is 6.09. The molecule has 0 radical (unpaired) electrons. The van der Waals surface area contributed by atoms with Gasteiger partial charge in [-0.2, -0.15) is 0 Å². The molecule has 1 saturated heterocycles. The molecule has 4 nitrogen and oxygen atoms in total. The first kappa shape index (κ1) is 22.7. The molecule has 2 heterocycles. The van der Waals surface area contributed by atoms with Crippen molar-refractivity contribution in [1.82, 2.24) is 14.5 Å². The number of allylic oxidation sites excluding steroid dienone is 3. The molecule has 3 atom stereocenters. The highest BCUT2D eigenvalue weighted by Gasteiger charge is 2.35. The number of ether oxygens (including phenoxy) is 1. The van der Waals surface area contributed by atoms with Gasteiger partial charge in [0.2, 0.25) is 0 Å². The van der Waals surface area contributed by atoms with Gasteiger partial charge in [0.1, 0.15) is 11.5 Å². The molecule has 2 aliphatic rings. The van der Waals surface area contributed by atoms with Crippen molar-refractivity contribution in [1.29, 1.82) is 0 Å². The molecule has 176 valence electrons. The van der Waals surface area contributed by atoms with Gasteiger partial charge in [0.15, 0.2) is 0 Å². The van der Waals surface area contributed by atoms with Gasteiger partial charge >= 0.3 is 0 Å². The van der Waals surface area contributed by atoms with Gasteiger partial charge < -0.3 is 14.2 Å². The third-order valence-corrected chi connectivity index (χ3v) is 7.52. The fourth-order valence-corrected chi connectivity index (χ4v) is 5.45. The van der Waals surface area contributed by atoms with E-state index < -0.39 is 0 Å². The van der Waals surface area contributed by atoms with E-state index >= 15 is 0 Å². The van der Waals surface area contributed by atoms with Gasteiger partial charge in [0, 0.05) is 31.5 Å². The summed E-state index contributed by atoms with van der Waals surface area (Å²) in [5.74, 6) is 2.84. The number of hydrogen-bond acceptors (Lipinski definition) is 3. The van der Waals surface area contributed by atoms with Crippen LogP contribution in [-0.2, 0) is 13.0 Å². The first-order chi connectivity index (χ1) is 16.6. The average molecular weight is 454 g/mol. The zero-order chi connectivity index (χ0) is 23.4. The predicted octanol–water partition coefficient (Wildman–Crippen LogP) is 6.48. The zero-order valence-corrected chi connectivity index (χ0v) is 20.3. The lowest BCUT2D eigenvalue weighted by Crippen LogP contribution is -2.37. The second-order valence-electron chi connectivity index (χ2n) is 9.94. The Kier molecular flexibility index (Phi) is 6.68. The van der Waals surface area contributed by atoms with E-state index in [1.165, 1.54) is 17.7 Å². The molecule has 4 heteroatoms. The Balaban J connectivity index is 1.24. The van der Waals surface area contributed by atoms with Crippen molar-refractivity contribution in [3.05, 3.63) is 103 Å². The number of rotatable bonds is 8. The molecule has 1 aliphatic heterocycles. The minimum absolute atomic E-state index is 0.100. The van der Waals surface area contributed by atoms with Crippen LogP contribution in [0.2, 0.25) is 0 Å². The van der Waals surface area contributed by atoms with Gasteiger partial charge in [0.05, 0.1) is 6.33 Å². The van der Waals surface area contributed by atoms with Crippen molar-refractivity contribution >= 4 is 0 Å². The van der Waals surface area contributed by atoms with Crippen LogP contribution in [0.1, 0.15) is 37.4 Å². The SMILES string of the molecule is CCn1cncc1CC1(C)C=CC=CC1CN1CCC(c2cccc(Oc3ccccc3)c2)C1. The summed E-state index contributed by atoms with van der Waals surface area (Å²) in [7, 11) is 0. The molecule has 0 spiro atoms. The second kappa shape index (κ2) is 10.0. The summed E-state index contributed by atoms with van der Waals surface area (Å²) in [6, 6.07) is 18.7. The van der Waals surface area contributed by atoms with Crippen LogP contribution in [0.4, 0.5) is 0 Å². The van der Waals surface area contributed by atoms with Crippen molar-refractivity contribution < 1.29 is 4.74 Å². The Hall–Kier alpha value is -3.11. The number of para-hydroxylation sites is 1. The number of imidazole rings is 1. The Bertz CT molecular complexity index is 1150. The van der Waals surface area contributed by atoms with E-state index in [2.05, 4.69) is 76.9 Å². The maximum absolute atomic E-state index is 6.09. The molecule has 3 aromatic rings. The summed E-state index contributed by atoms with van der Waals surface area (Å²) < 4.78 is 8.35. The van der Waals surface area contributed by atoms with Gasteiger partial charge in [0.25, 0.3) is 0 Å². The van der Waals surface area contributed by atoms with Crippen molar-refractivity contribution in [3.8, 4) is 11.5 Å². The van der Waals surface area contributed by atoms with E-state index in [1.807, 2.05) is 42.9 Å². The van der Waals surface area contributed by atoms with Crippen molar-refractivity contribution in [3.63, 3.8) is 0 Å². The van der Waals surface area contributed by atoms with Crippen molar-refractivity contribution in [2.24, 2.45) is 11.3 Å². The number of hydrogen-bond donors (Lipinski definition) is 0. The van der Waals surface area contributed by atoms with Gasteiger partial charge in [-0.05, 0) is 73.4 Å². The molecule has 0 N–H and O–H groups in total. The molecule has 0 saturated carbocycles. The van der Waals surface area contributed by atoms with E-state index in [9.17, 15) is 0 Å². The van der Waals surface area contributed by atoms with E-state index in [-0.39, 0.29) is 5.41 Å². The van der Waals surface area contributed by atoms with Crippen molar-refractivity contribution in [2.45, 2.75) is 39.2 Å². The molecule has 0 bridgehead atoms. The van der Waals surface area contributed by atoms with Crippen LogP contribution >= 0.6 is 0 Å². The topological polar surface area (TPSA) is 30.3 Å². The third-order valence-electron chi connectivity index (χ3n) is 7.52. The smallest absolute Gasteiger partial charge is 0.127 e. The molecule has 1 aliphatic carbocycles. The largest absolute Gasteiger partial charge is 0.457 e. The molecule has 5 rings (SSSR count). The first-order valence-corrected chi connectivity index (χ1v) is 12.5. The van der Waals surface area contributed by atoms with Crippen LogP contribution in [-0.4, -0.2) is 34.1 Å². The van der Waals surface area contributed by atoms with Crippen LogP contribution in [0.5, 0.6) is 11.5 Å². The number of nitrogens with zero attached hydrogens (tertiary/aromatic N) is 3. The summed E-state index contributed by atoms with van der Waals surface area (Å²) in [6.07, 6.45) is 15.5. The predicted molar refractivity (Wildman–Crippen MR) is 138 cm³/mol. The lowest BCUT2D eigenvalue weighted by Gasteiger charge is -2.38. The van der Waals surface area contributed by atoms with E-state index in [0.717, 1.165) is 44.1 Å². The van der Waals surface area contributed by atoms with Crippen LogP contribution in [0.3, 0.4) is 0 Å². The minimum Gasteiger partial charge on any atom is -0.457 e. The molecule has 34 heavy (non-hydrogen) atoms. The maximum Gasteiger partial charge on any atom is 0.127 e. The summed E-state index contributed by atoms with van der Waals surface area (Å²) in [5, 5.41) is 0. The fourth-order valence-electron chi connectivity index (χ4n) is 5.45. The van der Waals surface area contributed by atoms with E-state index in [0.29, 0.717) is 11.8 Å². The van der Waals surface area contributed by atoms with Crippen LogP contribution in [0.25, 0.3) is 0 Å². The molecule has 3 unspecified atom stereocenters. The minimum atomic E-state index is 0.100. The van der Waals surface area contributed by atoms with Crippen LogP contribution in [0, 0.1) is 11.3 Å². The molecule has 2 aromatic carbocycles. The lowest BCUT2D eigenvalue weighted by atomic mass is 9.71. The standard InChI is InChI=1S/C30H35N3O/c1-3-33-23-31-20-27(33)19-30(2)16-8-7-11-26(30)22-32-17-15-25(21-32)24-10-9-14-29(18-24)34-28-12-5-4-6-13-28/h4-14,16,18,20,23,25-26H,3,15,17,19,21-22H2,1-2H3. The lowest BCUT2D eigenvalue weighted by molar-refractivity contribution is 0.207. The Morgan fingerprint density at radius 3 is 2.76 bits per heavy atom. The second-order valence-corrected chi connectivity index (χ2v) is 9.94. The summed E-state index contributed by atoms with van der Waals surface area (Å²) in [6.45, 7) is 8.90. The Morgan fingerprint density at radius 2 is 1.91 bits per heavy atom. The first-order valence-electron chi connectivity index (χ1n) is 12.5. The Labute approximate surface area is 203 Å². The van der Waals surface area contributed by atoms with E-state index in [4.69, 9.17) is 4.74 Å². The van der Waals surface area contributed by atoms with Gasteiger partial charge in [-0.15, -0.1) is 0 Å². The molecule has 0 amide bonds. The third kappa shape index (κ3) is 5.02. The fraction of sp³-hybridized carbons (Fsp3) is 0.367. The van der Waals surface area contributed by atoms with Gasteiger partial charge in [-0.25, -0.2) is 4.98 Å². The number of aromatic nitrogens is 2. The van der Waals surface area contributed by atoms with Gasteiger partial charge in [-0.1, -0.05) is 61.6 Å². The highest BCUT2D eigenvalue weighted by molar-refractivity contribution is 5.35. The zero-order valence-electron chi connectivity index (χ0n) is 20.3. The van der Waals surface area contributed by atoms with Gasteiger partial charge in [-0.3, -0.25) is 0 Å².